The number of aliphatic hydroxyl groups is 1. The van der Waals surface area contributed by atoms with E-state index in [0.29, 0.717) is 6.61 Å². The molecule has 0 atom stereocenters. The van der Waals surface area contributed by atoms with Crippen molar-refractivity contribution in [2.24, 2.45) is 0 Å². The van der Waals surface area contributed by atoms with E-state index in [2.05, 4.69) is 15.9 Å². The molecule has 0 aromatic heterocycles. The Morgan fingerprint density at radius 1 is 1.10 bits per heavy atom. The molecule has 0 saturated carbocycles. The Morgan fingerprint density at radius 2 is 1.85 bits per heavy atom. The molecule has 0 bridgehead atoms. The van der Waals surface area contributed by atoms with Crippen LogP contribution in [0.1, 0.15) is 11.1 Å². The summed E-state index contributed by atoms with van der Waals surface area (Å²) in [5, 5.41) is 9.30. The van der Waals surface area contributed by atoms with Gasteiger partial charge in [0.25, 0.3) is 0 Å². The Balaban J connectivity index is 1.92. The molecule has 0 aliphatic rings. The van der Waals surface area contributed by atoms with E-state index in [1.807, 2.05) is 42.5 Å². The number of halogens is 1. The minimum Gasteiger partial charge on any atom is -0.497 e. The average Bonchev–Trinajstić information content (AvgIpc) is 2.49. The molecule has 2 aromatic rings. The fourth-order valence-corrected chi connectivity index (χ4v) is 2.29. The Bertz CT molecular complexity index is 552. The van der Waals surface area contributed by atoms with Crippen molar-refractivity contribution in [1.29, 1.82) is 0 Å². The second-order valence-corrected chi connectivity index (χ2v) is 5.27. The minimum atomic E-state index is -0.0304. The van der Waals surface area contributed by atoms with Gasteiger partial charge in [0.1, 0.15) is 11.5 Å². The van der Waals surface area contributed by atoms with Crippen LogP contribution in [0.2, 0.25) is 0 Å². The maximum atomic E-state index is 9.30. The molecule has 0 spiro atoms. The monoisotopic (exact) mass is 336 g/mol. The fraction of sp³-hybridized carbons (Fsp3) is 0.250. The average molecular weight is 337 g/mol. The van der Waals surface area contributed by atoms with Crippen LogP contribution in [0.25, 0.3) is 0 Å². The van der Waals surface area contributed by atoms with Gasteiger partial charge in [-0.25, -0.2) is 0 Å². The normalized spacial score (nSPS) is 10.3. The van der Waals surface area contributed by atoms with Crippen molar-refractivity contribution in [3.63, 3.8) is 0 Å². The topological polar surface area (TPSA) is 38.7 Å². The van der Waals surface area contributed by atoms with Crippen LogP contribution in [0, 0.1) is 0 Å². The molecule has 4 heteroatoms. The number of ether oxygens (including phenoxy) is 2. The molecule has 0 aliphatic carbocycles. The largest absolute Gasteiger partial charge is 0.497 e. The van der Waals surface area contributed by atoms with Crippen molar-refractivity contribution in [3.05, 3.63) is 58.1 Å². The summed E-state index contributed by atoms with van der Waals surface area (Å²) in [5.41, 5.74) is 1.97. The van der Waals surface area contributed by atoms with Gasteiger partial charge in [-0.05, 0) is 35.9 Å². The molecule has 0 fully saturated rings. The first-order valence-corrected chi connectivity index (χ1v) is 7.17. The number of hydrogen-bond acceptors (Lipinski definition) is 3. The summed E-state index contributed by atoms with van der Waals surface area (Å²) in [7, 11) is 1.65. The molecule has 3 nitrogen and oxygen atoms in total. The first-order valence-electron chi connectivity index (χ1n) is 6.38. The summed E-state index contributed by atoms with van der Waals surface area (Å²) >= 11 is 3.38. The third-order valence-electron chi connectivity index (χ3n) is 3.00. The molecule has 0 saturated heterocycles. The van der Waals surface area contributed by atoms with Gasteiger partial charge in [0.05, 0.1) is 20.3 Å². The number of aliphatic hydroxyl groups excluding tert-OH is 1. The first-order chi connectivity index (χ1) is 9.72. The van der Waals surface area contributed by atoms with Crippen molar-refractivity contribution >= 4 is 15.9 Å². The number of rotatable bonds is 6. The highest BCUT2D eigenvalue weighted by atomic mass is 79.9. The molecule has 20 heavy (non-hydrogen) atoms. The van der Waals surface area contributed by atoms with Crippen LogP contribution in [0.15, 0.2) is 46.9 Å². The Morgan fingerprint density at radius 3 is 2.50 bits per heavy atom. The minimum absolute atomic E-state index is 0.0304. The SMILES string of the molecule is COc1ccc(CCOc2ccc(Br)cc2CO)cc1. The second kappa shape index (κ2) is 7.31. The summed E-state index contributed by atoms with van der Waals surface area (Å²) in [5.74, 6) is 1.58. The van der Waals surface area contributed by atoms with E-state index in [1.165, 1.54) is 5.56 Å². The van der Waals surface area contributed by atoms with Crippen molar-refractivity contribution in [2.45, 2.75) is 13.0 Å². The zero-order valence-electron chi connectivity index (χ0n) is 11.3. The number of benzene rings is 2. The van der Waals surface area contributed by atoms with Crippen LogP contribution in [0.5, 0.6) is 11.5 Å². The first kappa shape index (κ1) is 14.9. The van der Waals surface area contributed by atoms with E-state index < -0.39 is 0 Å². The molecular formula is C16H17BrO3. The van der Waals surface area contributed by atoms with E-state index in [0.717, 1.165) is 28.0 Å². The Kier molecular flexibility index (Phi) is 5.44. The van der Waals surface area contributed by atoms with Crippen molar-refractivity contribution in [2.75, 3.05) is 13.7 Å². The molecule has 0 aliphatic heterocycles. The third kappa shape index (κ3) is 3.99. The van der Waals surface area contributed by atoms with Gasteiger partial charge in [0.15, 0.2) is 0 Å². The maximum Gasteiger partial charge on any atom is 0.124 e. The zero-order chi connectivity index (χ0) is 14.4. The van der Waals surface area contributed by atoms with Gasteiger partial charge in [-0.1, -0.05) is 28.1 Å². The third-order valence-corrected chi connectivity index (χ3v) is 3.49. The van der Waals surface area contributed by atoms with Gasteiger partial charge in [-0.15, -0.1) is 0 Å². The lowest BCUT2D eigenvalue weighted by molar-refractivity contribution is 0.263. The lowest BCUT2D eigenvalue weighted by atomic mass is 10.1. The molecule has 0 unspecified atom stereocenters. The van der Waals surface area contributed by atoms with Crippen LogP contribution in [0.3, 0.4) is 0 Å². The summed E-state index contributed by atoms with van der Waals surface area (Å²) in [6, 6.07) is 13.6. The van der Waals surface area contributed by atoms with Gasteiger partial charge in [-0.3, -0.25) is 0 Å². The summed E-state index contributed by atoms with van der Waals surface area (Å²) in [4.78, 5) is 0. The van der Waals surface area contributed by atoms with Gasteiger partial charge in [0, 0.05) is 16.5 Å². The Hall–Kier alpha value is -1.52. The van der Waals surface area contributed by atoms with E-state index in [4.69, 9.17) is 9.47 Å². The number of methoxy groups -OCH3 is 1. The van der Waals surface area contributed by atoms with Gasteiger partial charge in [-0.2, -0.15) is 0 Å². The molecule has 0 radical (unpaired) electrons. The van der Waals surface area contributed by atoms with Gasteiger partial charge >= 0.3 is 0 Å². The predicted molar refractivity (Wildman–Crippen MR) is 82.3 cm³/mol. The molecule has 2 aromatic carbocycles. The lowest BCUT2D eigenvalue weighted by Gasteiger charge is -2.10. The van der Waals surface area contributed by atoms with Crippen molar-refractivity contribution in [3.8, 4) is 11.5 Å². The lowest BCUT2D eigenvalue weighted by Crippen LogP contribution is -2.03. The van der Waals surface area contributed by atoms with E-state index >= 15 is 0 Å². The molecule has 106 valence electrons. The molecule has 0 amide bonds. The fourth-order valence-electron chi connectivity index (χ4n) is 1.88. The summed E-state index contributed by atoms with van der Waals surface area (Å²) in [6.07, 6.45) is 0.810. The van der Waals surface area contributed by atoms with Crippen LogP contribution < -0.4 is 9.47 Å². The van der Waals surface area contributed by atoms with Crippen LogP contribution in [-0.4, -0.2) is 18.8 Å². The van der Waals surface area contributed by atoms with Gasteiger partial charge < -0.3 is 14.6 Å². The summed E-state index contributed by atoms with van der Waals surface area (Å²) in [6.45, 7) is 0.540. The van der Waals surface area contributed by atoms with Crippen molar-refractivity contribution in [1.82, 2.24) is 0 Å². The summed E-state index contributed by atoms with van der Waals surface area (Å²) < 4.78 is 11.8. The smallest absolute Gasteiger partial charge is 0.124 e. The second-order valence-electron chi connectivity index (χ2n) is 4.36. The predicted octanol–water partition coefficient (Wildman–Crippen LogP) is 3.57. The molecular weight excluding hydrogens is 320 g/mol. The van der Waals surface area contributed by atoms with E-state index in [1.54, 1.807) is 7.11 Å². The maximum absolute atomic E-state index is 9.30. The zero-order valence-corrected chi connectivity index (χ0v) is 12.9. The Labute approximate surface area is 127 Å². The van der Waals surface area contributed by atoms with Crippen LogP contribution in [-0.2, 0) is 13.0 Å². The van der Waals surface area contributed by atoms with Crippen molar-refractivity contribution < 1.29 is 14.6 Å². The molecule has 1 N–H and O–H groups in total. The standard InChI is InChI=1S/C16H17BrO3/c1-19-15-5-2-12(3-6-15)8-9-20-16-7-4-14(17)10-13(16)11-18/h2-7,10,18H,8-9,11H2,1H3. The highest BCUT2D eigenvalue weighted by molar-refractivity contribution is 9.10. The van der Waals surface area contributed by atoms with E-state index in [9.17, 15) is 5.11 Å². The molecule has 0 heterocycles. The van der Waals surface area contributed by atoms with Crippen LogP contribution in [0.4, 0.5) is 0 Å². The van der Waals surface area contributed by atoms with Crippen LogP contribution >= 0.6 is 15.9 Å². The highest BCUT2D eigenvalue weighted by Crippen LogP contribution is 2.23. The highest BCUT2D eigenvalue weighted by Gasteiger charge is 2.04. The van der Waals surface area contributed by atoms with Gasteiger partial charge in [0.2, 0.25) is 0 Å². The number of hydrogen-bond donors (Lipinski definition) is 1. The quantitative estimate of drug-likeness (QED) is 0.876. The van der Waals surface area contributed by atoms with E-state index in [-0.39, 0.29) is 6.61 Å². The molecule has 2 rings (SSSR count).